The van der Waals surface area contributed by atoms with Crippen LogP contribution in [0.2, 0.25) is 0 Å². The van der Waals surface area contributed by atoms with E-state index in [1.807, 2.05) is 30.5 Å². The van der Waals surface area contributed by atoms with Crippen molar-refractivity contribution >= 4 is 45.9 Å². The van der Waals surface area contributed by atoms with Crippen LogP contribution in [0, 0.1) is 0 Å². The molecule has 8 nitrogen and oxygen atoms in total. The summed E-state index contributed by atoms with van der Waals surface area (Å²) in [7, 11) is 2.13. The number of hydrogen-bond acceptors (Lipinski definition) is 10. The second-order valence-electron chi connectivity index (χ2n) is 7.77. The zero-order valence-corrected chi connectivity index (χ0v) is 20.2. The van der Waals surface area contributed by atoms with Gasteiger partial charge in [-0.25, -0.2) is 4.98 Å². The molecular weight excluding hydrogens is 442 g/mol. The number of carbonyl (C=O) groups is 1. The van der Waals surface area contributed by atoms with E-state index in [0.717, 1.165) is 48.2 Å². The number of thiazole rings is 1. The number of Topliss-reactive ketones (excluding diaryl/α,β-unsaturated/α-hetero) is 1. The fraction of sp³-hybridized carbons (Fsp3) is 0.409. The van der Waals surface area contributed by atoms with Gasteiger partial charge in [-0.3, -0.25) is 10.1 Å². The summed E-state index contributed by atoms with van der Waals surface area (Å²) < 4.78 is 0. The molecule has 1 N–H and O–H groups in total. The van der Waals surface area contributed by atoms with Crippen molar-refractivity contribution < 1.29 is 4.79 Å². The van der Waals surface area contributed by atoms with E-state index in [1.54, 1.807) is 18.3 Å². The number of ketones is 1. The van der Waals surface area contributed by atoms with E-state index >= 15 is 0 Å². The maximum atomic E-state index is 11.4. The van der Waals surface area contributed by atoms with Crippen molar-refractivity contribution in [1.29, 1.82) is 0 Å². The number of piperazine rings is 1. The molecule has 4 rings (SSSR count). The Morgan fingerprint density at radius 1 is 1.12 bits per heavy atom. The first kappa shape index (κ1) is 22.6. The van der Waals surface area contributed by atoms with Crippen LogP contribution in [-0.2, 0) is 17.6 Å². The van der Waals surface area contributed by atoms with Gasteiger partial charge in [-0.15, -0.1) is 11.3 Å². The molecular formula is C22H27N7OS2. The van der Waals surface area contributed by atoms with Crippen LogP contribution in [-0.4, -0.2) is 63.8 Å². The third kappa shape index (κ3) is 6.02. The fourth-order valence-electron chi connectivity index (χ4n) is 3.29. The number of benzene rings is 1. The van der Waals surface area contributed by atoms with E-state index in [1.165, 1.54) is 16.6 Å². The molecule has 0 spiro atoms. The Balaban J connectivity index is 1.58. The number of anilines is 3. The van der Waals surface area contributed by atoms with Crippen molar-refractivity contribution in [2.24, 2.45) is 0 Å². The number of aryl methyl sites for hydroxylation is 1. The lowest BCUT2D eigenvalue weighted by Crippen LogP contribution is -2.45. The highest BCUT2D eigenvalue weighted by Gasteiger charge is 2.19. The van der Waals surface area contributed by atoms with Gasteiger partial charge in [0.25, 0.3) is 0 Å². The predicted octanol–water partition coefficient (Wildman–Crippen LogP) is 3.67. The molecule has 0 radical (unpaired) electrons. The lowest BCUT2D eigenvalue weighted by molar-refractivity contribution is -0.116. The highest BCUT2D eigenvalue weighted by atomic mass is 32.2. The van der Waals surface area contributed by atoms with Gasteiger partial charge < -0.3 is 9.80 Å². The summed E-state index contributed by atoms with van der Waals surface area (Å²) in [5, 5.41) is 4.67. The molecule has 2 aromatic heterocycles. The SMILES string of the molecule is CCc1cnc(Nc2nc(Sc3ccc(CC(C)=O)cc3)nc(N3CCN(C)CC3)n2)s1. The predicted molar refractivity (Wildman–Crippen MR) is 129 cm³/mol. The largest absolute Gasteiger partial charge is 0.338 e. The van der Waals surface area contributed by atoms with Gasteiger partial charge in [0, 0.05) is 48.6 Å². The highest BCUT2D eigenvalue weighted by molar-refractivity contribution is 7.99. The van der Waals surface area contributed by atoms with Crippen LogP contribution in [0.1, 0.15) is 24.3 Å². The second kappa shape index (κ2) is 10.4. The van der Waals surface area contributed by atoms with Gasteiger partial charge in [-0.1, -0.05) is 19.1 Å². The number of likely N-dealkylation sites (N-methyl/N-ethyl adjacent to an activating group) is 1. The van der Waals surface area contributed by atoms with Crippen molar-refractivity contribution in [3.05, 3.63) is 40.9 Å². The Bertz CT molecular complexity index is 1060. The van der Waals surface area contributed by atoms with Gasteiger partial charge in [0.2, 0.25) is 11.9 Å². The maximum Gasteiger partial charge on any atom is 0.234 e. The van der Waals surface area contributed by atoms with Gasteiger partial charge in [0.15, 0.2) is 10.3 Å². The number of nitrogens with one attached hydrogen (secondary N) is 1. The third-order valence-corrected chi connectivity index (χ3v) is 7.03. The number of aromatic nitrogens is 4. The Morgan fingerprint density at radius 3 is 2.53 bits per heavy atom. The van der Waals surface area contributed by atoms with Crippen LogP contribution in [0.25, 0.3) is 0 Å². The van der Waals surface area contributed by atoms with Crippen molar-refractivity contribution in [3.63, 3.8) is 0 Å². The molecule has 32 heavy (non-hydrogen) atoms. The van der Waals surface area contributed by atoms with Crippen LogP contribution >= 0.6 is 23.1 Å². The summed E-state index contributed by atoms with van der Waals surface area (Å²) in [6.45, 7) is 7.42. The van der Waals surface area contributed by atoms with Gasteiger partial charge in [0.1, 0.15) is 5.78 Å². The molecule has 1 fully saturated rings. The van der Waals surface area contributed by atoms with Crippen LogP contribution in [0.5, 0.6) is 0 Å². The lowest BCUT2D eigenvalue weighted by atomic mass is 10.1. The minimum atomic E-state index is 0.156. The van der Waals surface area contributed by atoms with Crippen molar-refractivity contribution in [3.8, 4) is 0 Å². The molecule has 168 valence electrons. The summed E-state index contributed by atoms with van der Waals surface area (Å²) in [5.41, 5.74) is 1.01. The van der Waals surface area contributed by atoms with E-state index < -0.39 is 0 Å². The smallest absolute Gasteiger partial charge is 0.234 e. The van der Waals surface area contributed by atoms with Crippen LogP contribution in [0.4, 0.5) is 17.0 Å². The molecule has 0 saturated carbocycles. The number of rotatable bonds is 8. The number of hydrogen-bond donors (Lipinski definition) is 1. The van der Waals surface area contributed by atoms with Gasteiger partial charge in [0.05, 0.1) is 0 Å². The van der Waals surface area contributed by atoms with E-state index in [4.69, 9.17) is 9.97 Å². The maximum absolute atomic E-state index is 11.4. The van der Waals surface area contributed by atoms with Gasteiger partial charge >= 0.3 is 0 Å². The van der Waals surface area contributed by atoms with Crippen molar-refractivity contribution in [1.82, 2.24) is 24.8 Å². The Labute approximate surface area is 196 Å². The molecule has 0 unspecified atom stereocenters. The number of nitrogens with zero attached hydrogens (tertiary/aromatic N) is 6. The Hall–Kier alpha value is -2.56. The average Bonchev–Trinajstić information content (AvgIpc) is 3.22. The standard InChI is InChI=1S/C22H27N7OS2/c1-4-17-14-23-21(31-17)25-19-24-20(29-11-9-28(3)10-12-29)27-22(26-19)32-18-7-5-16(6-8-18)13-15(2)30/h5-8,14H,4,9-13H2,1-3H3,(H,23,24,25,26,27). The molecule has 0 atom stereocenters. The average molecular weight is 470 g/mol. The molecule has 1 saturated heterocycles. The first-order chi connectivity index (χ1) is 15.5. The molecule has 1 aliphatic rings. The molecule has 0 amide bonds. The lowest BCUT2D eigenvalue weighted by Gasteiger charge is -2.32. The minimum Gasteiger partial charge on any atom is -0.338 e. The fourth-order valence-corrected chi connectivity index (χ4v) is 4.78. The van der Waals surface area contributed by atoms with Crippen LogP contribution < -0.4 is 10.2 Å². The molecule has 3 aromatic rings. The summed E-state index contributed by atoms with van der Waals surface area (Å²) in [6.07, 6.45) is 3.28. The summed E-state index contributed by atoms with van der Waals surface area (Å²) in [5.74, 6) is 1.34. The number of carbonyl (C=O) groups excluding carboxylic acids is 1. The third-order valence-electron chi connectivity index (χ3n) is 5.10. The summed E-state index contributed by atoms with van der Waals surface area (Å²) in [6, 6.07) is 7.97. The first-order valence-electron chi connectivity index (χ1n) is 10.7. The zero-order chi connectivity index (χ0) is 22.5. The van der Waals surface area contributed by atoms with Gasteiger partial charge in [-0.2, -0.15) is 15.0 Å². The van der Waals surface area contributed by atoms with Crippen LogP contribution in [0.15, 0.2) is 40.5 Å². The molecule has 3 heterocycles. The Kier molecular flexibility index (Phi) is 7.33. The normalized spacial score (nSPS) is 14.5. The topological polar surface area (TPSA) is 87.1 Å². The second-order valence-corrected chi connectivity index (χ2v) is 9.92. The molecule has 0 aliphatic carbocycles. The molecule has 1 aromatic carbocycles. The van der Waals surface area contributed by atoms with Gasteiger partial charge in [-0.05, 0) is 49.9 Å². The monoisotopic (exact) mass is 469 g/mol. The van der Waals surface area contributed by atoms with E-state index in [9.17, 15) is 4.79 Å². The summed E-state index contributed by atoms with van der Waals surface area (Å²) >= 11 is 3.10. The molecule has 0 bridgehead atoms. The molecule has 1 aliphatic heterocycles. The zero-order valence-electron chi connectivity index (χ0n) is 18.5. The van der Waals surface area contributed by atoms with E-state index in [0.29, 0.717) is 23.5 Å². The first-order valence-corrected chi connectivity index (χ1v) is 12.3. The van der Waals surface area contributed by atoms with E-state index in [2.05, 4.69) is 39.1 Å². The summed E-state index contributed by atoms with van der Waals surface area (Å²) in [4.78, 5) is 36.6. The van der Waals surface area contributed by atoms with Crippen LogP contribution in [0.3, 0.4) is 0 Å². The quantitative estimate of drug-likeness (QED) is 0.531. The molecule has 10 heteroatoms. The van der Waals surface area contributed by atoms with E-state index in [-0.39, 0.29) is 5.78 Å². The Morgan fingerprint density at radius 2 is 1.88 bits per heavy atom. The van der Waals surface area contributed by atoms with Crippen molar-refractivity contribution in [2.75, 3.05) is 43.4 Å². The van der Waals surface area contributed by atoms with Crippen molar-refractivity contribution in [2.45, 2.75) is 36.7 Å². The minimum absolute atomic E-state index is 0.156. The highest BCUT2D eigenvalue weighted by Crippen LogP contribution is 2.29.